The highest BCUT2D eigenvalue weighted by Gasteiger charge is 2.28. The van der Waals surface area contributed by atoms with Crippen molar-refractivity contribution >= 4 is 11.8 Å². The van der Waals surface area contributed by atoms with Gasteiger partial charge in [0, 0.05) is 31.5 Å². The summed E-state index contributed by atoms with van der Waals surface area (Å²) in [5, 5.41) is 9.13. The molecule has 2 amide bonds. The molecular formula is C14H25N3O2. The smallest absolute Gasteiger partial charge is 0.223 e. The van der Waals surface area contributed by atoms with E-state index < -0.39 is 0 Å². The van der Waals surface area contributed by atoms with E-state index in [0.29, 0.717) is 25.6 Å². The van der Waals surface area contributed by atoms with E-state index in [1.165, 1.54) is 19.3 Å². The molecular weight excluding hydrogens is 242 g/mol. The normalized spacial score (nSPS) is 22.8. The predicted octanol–water partition coefficient (Wildman–Crippen LogP) is 0.551. The molecule has 2 rings (SSSR count). The summed E-state index contributed by atoms with van der Waals surface area (Å²) in [6, 6.07) is 0.508. The highest BCUT2D eigenvalue weighted by Crippen LogP contribution is 2.28. The predicted molar refractivity (Wildman–Crippen MR) is 73.6 cm³/mol. The second-order valence-corrected chi connectivity index (χ2v) is 5.60. The average Bonchev–Trinajstić information content (AvgIpc) is 3.27. The van der Waals surface area contributed by atoms with Crippen LogP contribution in [0.1, 0.15) is 44.9 Å². The van der Waals surface area contributed by atoms with Gasteiger partial charge in [0.15, 0.2) is 0 Å². The second kappa shape index (κ2) is 7.48. The summed E-state index contributed by atoms with van der Waals surface area (Å²) in [5.74, 6) is 0.474. The molecule has 19 heavy (non-hydrogen) atoms. The van der Waals surface area contributed by atoms with Gasteiger partial charge in [-0.3, -0.25) is 9.59 Å². The molecule has 2 aliphatic rings. The van der Waals surface area contributed by atoms with Gasteiger partial charge >= 0.3 is 0 Å². The van der Waals surface area contributed by atoms with Crippen molar-refractivity contribution in [3.63, 3.8) is 0 Å². The average molecular weight is 267 g/mol. The van der Waals surface area contributed by atoms with E-state index in [-0.39, 0.29) is 17.7 Å². The Balaban J connectivity index is 1.45. The van der Waals surface area contributed by atoms with Crippen molar-refractivity contribution in [2.45, 2.75) is 51.0 Å². The van der Waals surface area contributed by atoms with Crippen molar-refractivity contribution in [1.29, 1.82) is 0 Å². The van der Waals surface area contributed by atoms with Crippen LogP contribution in [-0.4, -0.2) is 37.5 Å². The molecule has 1 saturated carbocycles. The van der Waals surface area contributed by atoms with Gasteiger partial charge in [0.05, 0.1) is 0 Å². The van der Waals surface area contributed by atoms with Crippen molar-refractivity contribution < 1.29 is 9.59 Å². The molecule has 5 nitrogen and oxygen atoms in total. The summed E-state index contributed by atoms with van der Waals surface area (Å²) < 4.78 is 0. The minimum atomic E-state index is 0.0908. The zero-order valence-corrected chi connectivity index (χ0v) is 11.5. The SMILES string of the molecule is O=C(CCC1CCCCN1)NCCNC(=O)C1CC1. The fourth-order valence-electron chi connectivity index (χ4n) is 2.44. The van der Waals surface area contributed by atoms with Crippen LogP contribution < -0.4 is 16.0 Å². The number of hydrogen-bond acceptors (Lipinski definition) is 3. The summed E-state index contributed by atoms with van der Waals surface area (Å²) in [7, 11) is 0. The van der Waals surface area contributed by atoms with Crippen LogP contribution in [0.3, 0.4) is 0 Å². The summed E-state index contributed by atoms with van der Waals surface area (Å²) in [4.78, 5) is 23.0. The molecule has 2 fully saturated rings. The fourth-order valence-corrected chi connectivity index (χ4v) is 2.44. The first kappa shape index (κ1) is 14.3. The van der Waals surface area contributed by atoms with E-state index in [4.69, 9.17) is 0 Å². The largest absolute Gasteiger partial charge is 0.354 e. The van der Waals surface area contributed by atoms with Gasteiger partial charge in [-0.1, -0.05) is 6.42 Å². The summed E-state index contributed by atoms with van der Waals surface area (Å²) in [5.41, 5.74) is 0. The Labute approximate surface area is 114 Å². The lowest BCUT2D eigenvalue weighted by Crippen LogP contribution is -2.37. The molecule has 3 N–H and O–H groups in total. The van der Waals surface area contributed by atoms with Crippen LogP contribution in [0, 0.1) is 5.92 Å². The van der Waals surface area contributed by atoms with Gasteiger partial charge < -0.3 is 16.0 Å². The standard InChI is InChI=1S/C14H25N3O2/c18-13(7-6-12-3-1-2-8-15-12)16-9-10-17-14(19)11-4-5-11/h11-12,15H,1-10H2,(H,16,18)(H,17,19). The van der Waals surface area contributed by atoms with E-state index in [0.717, 1.165) is 25.8 Å². The van der Waals surface area contributed by atoms with E-state index in [2.05, 4.69) is 16.0 Å². The van der Waals surface area contributed by atoms with Crippen molar-refractivity contribution in [2.75, 3.05) is 19.6 Å². The third-order valence-electron chi connectivity index (χ3n) is 3.83. The molecule has 0 aromatic rings. The lowest BCUT2D eigenvalue weighted by atomic mass is 10.0. The van der Waals surface area contributed by atoms with Crippen molar-refractivity contribution in [3.8, 4) is 0 Å². The summed E-state index contributed by atoms with van der Waals surface area (Å²) in [6.07, 6.45) is 7.24. The Kier molecular flexibility index (Phi) is 5.63. The van der Waals surface area contributed by atoms with Crippen LogP contribution in [0.25, 0.3) is 0 Å². The van der Waals surface area contributed by atoms with Crippen molar-refractivity contribution in [2.24, 2.45) is 5.92 Å². The molecule has 1 unspecified atom stereocenters. The number of carbonyl (C=O) groups is 2. The van der Waals surface area contributed by atoms with Crippen LogP contribution in [0.2, 0.25) is 0 Å². The molecule has 108 valence electrons. The van der Waals surface area contributed by atoms with Gasteiger partial charge in [0.2, 0.25) is 11.8 Å². The molecule has 0 radical (unpaired) electrons. The first-order chi connectivity index (χ1) is 9.25. The summed E-state index contributed by atoms with van der Waals surface area (Å²) in [6.45, 7) is 2.16. The Morgan fingerprint density at radius 2 is 1.84 bits per heavy atom. The number of hydrogen-bond donors (Lipinski definition) is 3. The van der Waals surface area contributed by atoms with Gasteiger partial charge in [-0.25, -0.2) is 0 Å². The minimum Gasteiger partial charge on any atom is -0.354 e. The lowest BCUT2D eigenvalue weighted by molar-refractivity contribution is -0.123. The van der Waals surface area contributed by atoms with Crippen LogP contribution in [-0.2, 0) is 9.59 Å². The van der Waals surface area contributed by atoms with Gasteiger partial charge in [-0.15, -0.1) is 0 Å². The maximum Gasteiger partial charge on any atom is 0.223 e. The molecule has 1 aliphatic heterocycles. The first-order valence-electron chi connectivity index (χ1n) is 7.53. The van der Waals surface area contributed by atoms with Crippen LogP contribution in [0.15, 0.2) is 0 Å². The van der Waals surface area contributed by atoms with E-state index in [1.54, 1.807) is 0 Å². The molecule has 1 aliphatic carbocycles. The fraction of sp³-hybridized carbons (Fsp3) is 0.857. The Morgan fingerprint density at radius 1 is 1.05 bits per heavy atom. The Hall–Kier alpha value is -1.10. The molecule has 1 heterocycles. The van der Waals surface area contributed by atoms with Crippen LogP contribution in [0.4, 0.5) is 0 Å². The number of carbonyl (C=O) groups excluding carboxylic acids is 2. The maximum absolute atomic E-state index is 11.6. The number of amides is 2. The molecule has 0 bridgehead atoms. The van der Waals surface area contributed by atoms with Gasteiger partial charge in [-0.2, -0.15) is 0 Å². The minimum absolute atomic E-state index is 0.0908. The molecule has 0 aromatic carbocycles. The molecule has 0 aromatic heterocycles. The zero-order chi connectivity index (χ0) is 13.5. The molecule has 5 heteroatoms. The second-order valence-electron chi connectivity index (χ2n) is 5.60. The van der Waals surface area contributed by atoms with E-state index in [9.17, 15) is 9.59 Å². The third-order valence-corrected chi connectivity index (χ3v) is 3.83. The third kappa shape index (κ3) is 5.59. The number of nitrogens with one attached hydrogen (secondary N) is 3. The quantitative estimate of drug-likeness (QED) is 0.590. The van der Waals surface area contributed by atoms with Crippen molar-refractivity contribution in [1.82, 2.24) is 16.0 Å². The monoisotopic (exact) mass is 267 g/mol. The Bertz CT molecular complexity index is 310. The highest BCUT2D eigenvalue weighted by atomic mass is 16.2. The maximum atomic E-state index is 11.6. The number of rotatable bonds is 7. The lowest BCUT2D eigenvalue weighted by Gasteiger charge is -2.23. The topological polar surface area (TPSA) is 70.2 Å². The van der Waals surface area contributed by atoms with Gasteiger partial charge in [0.1, 0.15) is 0 Å². The van der Waals surface area contributed by atoms with E-state index in [1.807, 2.05) is 0 Å². The van der Waals surface area contributed by atoms with Crippen molar-refractivity contribution in [3.05, 3.63) is 0 Å². The molecule has 0 spiro atoms. The Morgan fingerprint density at radius 3 is 2.53 bits per heavy atom. The number of piperidine rings is 1. The van der Waals surface area contributed by atoms with Crippen LogP contribution >= 0.6 is 0 Å². The van der Waals surface area contributed by atoms with Crippen LogP contribution in [0.5, 0.6) is 0 Å². The van der Waals surface area contributed by atoms with Gasteiger partial charge in [0.25, 0.3) is 0 Å². The van der Waals surface area contributed by atoms with E-state index >= 15 is 0 Å². The molecule has 1 atom stereocenters. The zero-order valence-electron chi connectivity index (χ0n) is 11.5. The van der Waals surface area contributed by atoms with Gasteiger partial charge in [-0.05, 0) is 38.6 Å². The molecule has 1 saturated heterocycles. The highest BCUT2D eigenvalue weighted by molar-refractivity contribution is 5.81. The summed E-state index contributed by atoms with van der Waals surface area (Å²) >= 11 is 0. The first-order valence-corrected chi connectivity index (χ1v) is 7.53.